The molecule has 29 heavy (non-hydrogen) atoms. The Morgan fingerprint density at radius 3 is 2.90 bits per heavy atom. The van der Waals surface area contributed by atoms with Crippen molar-refractivity contribution in [3.8, 4) is 0 Å². The maximum absolute atomic E-state index is 13.4. The molecule has 1 fully saturated rings. The highest BCUT2D eigenvalue weighted by atomic mass is 16.5. The van der Waals surface area contributed by atoms with Crippen LogP contribution in [-0.4, -0.2) is 74.8 Å². The van der Waals surface area contributed by atoms with Gasteiger partial charge in [-0.2, -0.15) is 5.10 Å². The first-order chi connectivity index (χ1) is 13.9. The number of fused-ring (bicyclic) bond motifs is 1. The molecule has 1 aliphatic heterocycles. The Morgan fingerprint density at radius 1 is 1.34 bits per heavy atom. The van der Waals surface area contributed by atoms with Crippen molar-refractivity contribution >= 4 is 11.6 Å². The van der Waals surface area contributed by atoms with Crippen LogP contribution in [0.5, 0.6) is 0 Å². The minimum Gasteiger partial charge on any atom is -0.373 e. The van der Waals surface area contributed by atoms with E-state index in [0.29, 0.717) is 19.6 Å². The second-order valence-corrected chi connectivity index (χ2v) is 7.96. The second kappa shape index (κ2) is 7.96. The molecule has 0 saturated carbocycles. The molecular weight excluding hydrogens is 368 g/mol. The van der Waals surface area contributed by atoms with E-state index >= 15 is 0 Å². The highest BCUT2D eigenvalue weighted by molar-refractivity contribution is 5.79. The molecule has 154 valence electrons. The summed E-state index contributed by atoms with van der Waals surface area (Å²) in [4.78, 5) is 21.9. The van der Waals surface area contributed by atoms with Gasteiger partial charge in [0.15, 0.2) is 0 Å². The van der Waals surface area contributed by atoms with E-state index in [0.717, 1.165) is 29.0 Å². The number of aryl methyl sites for hydroxylation is 2. The molecular formula is C21H28N6O2. The van der Waals surface area contributed by atoms with Crippen LogP contribution >= 0.6 is 0 Å². The van der Waals surface area contributed by atoms with Crippen molar-refractivity contribution in [2.75, 3.05) is 33.8 Å². The first-order valence-electron chi connectivity index (χ1n) is 9.90. The SMILES string of the molecule is Cc1cccn2c(CC(=O)N3CCO[C@@H](CN(C)C)[C@@H]3c3cnn(C)c3)cnc12. The minimum absolute atomic E-state index is 0.0780. The topological polar surface area (TPSA) is 67.9 Å². The first-order valence-corrected chi connectivity index (χ1v) is 9.90. The number of hydrogen-bond acceptors (Lipinski definition) is 5. The van der Waals surface area contributed by atoms with Gasteiger partial charge in [-0.15, -0.1) is 0 Å². The van der Waals surface area contributed by atoms with Gasteiger partial charge >= 0.3 is 0 Å². The van der Waals surface area contributed by atoms with Crippen LogP contribution in [0.1, 0.15) is 22.9 Å². The fraction of sp³-hybridized carbons (Fsp3) is 0.476. The Hall–Kier alpha value is -2.71. The van der Waals surface area contributed by atoms with Crippen LogP contribution in [0.25, 0.3) is 5.65 Å². The quantitative estimate of drug-likeness (QED) is 0.653. The van der Waals surface area contributed by atoms with Crippen molar-refractivity contribution in [1.82, 2.24) is 29.0 Å². The average molecular weight is 396 g/mol. The molecule has 0 aliphatic carbocycles. The molecule has 2 atom stereocenters. The van der Waals surface area contributed by atoms with E-state index in [2.05, 4.69) is 15.0 Å². The smallest absolute Gasteiger partial charge is 0.229 e. The van der Waals surface area contributed by atoms with Gasteiger partial charge in [0.1, 0.15) is 5.65 Å². The van der Waals surface area contributed by atoms with Crippen LogP contribution < -0.4 is 0 Å². The molecule has 4 heterocycles. The van der Waals surface area contributed by atoms with Gasteiger partial charge in [0.05, 0.1) is 37.1 Å². The maximum Gasteiger partial charge on any atom is 0.229 e. The summed E-state index contributed by atoms with van der Waals surface area (Å²) < 4.78 is 9.85. The van der Waals surface area contributed by atoms with Gasteiger partial charge < -0.3 is 18.9 Å². The maximum atomic E-state index is 13.4. The largest absolute Gasteiger partial charge is 0.373 e. The summed E-state index contributed by atoms with van der Waals surface area (Å²) in [5.41, 5.74) is 3.89. The molecule has 0 bridgehead atoms. The zero-order chi connectivity index (χ0) is 20.5. The van der Waals surface area contributed by atoms with Gasteiger partial charge in [0.2, 0.25) is 5.91 Å². The predicted molar refractivity (Wildman–Crippen MR) is 110 cm³/mol. The number of carbonyl (C=O) groups is 1. The second-order valence-electron chi connectivity index (χ2n) is 7.96. The van der Waals surface area contributed by atoms with Gasteiger partial charge in [-0.05, 0) is 32.6 Å². The lowest BCUT2D eigenvalue weighted by atomic mass is 10.00. The Kier molecular flexibility index (Phi) is 5.38. The minimum atomic E-state index is -0.159. The number of ether oxygens (including phenoxy) is 1. The normalized spacial score (nSPS) is 20.0. The lowest BCUT2D eigenvalue weighted by Crippen LogP contribution is -2.51. The third kappa shape index (κ3) is 3.90. The van der Waals surface area contributed by atoms with Gasteiger partial charge in [-0.25, -0.2) is 4.98 Å². The van der Waals surface area contributed by atoms with Crippen LogP contribution in [0.15, 0.2) is 36.9 Å². The number of aromatic nitrogens is 4. The standard InChI is InChI=1S/C21H28N6O2/c1-15-6-5-7-26-17(12-22-21(15)26)10-19(28)27-8-9-29-18(14-24(2)3)20(27)16-11-23-25(4)13-16/h5-7,11-13,18,20H,8-10,14H2,1-4H3/t18-,20-/m0/s1. The summed E-state index contributed by atoms with van der Waals surface area (Å²) in [5.74, 6) is 0.0780. The van der Waals surface area contributed by atoms with Gasteiger partial charge in [-0.3, -0.25) is 9.48 Å². The number of likely N-dealkylation sites (N-methyl/N-ethyl adjacent to an activating group) is 1. The van der Waals surface area contributed by atoms with E-state index in [1.807, 2.05) is 68.1 Å². The molecule has 3 aromatic heterocycles. The number of carbonyl (C=O) groups excluding carboxylic acids is 1. The lowest BCUT2D eigenvalue weighted by Gasteiger charge is -2.41. The van der Waals surface area contributed by atoms with E-state index in [1.165, 1.54) is 0 Å². The molecule has 1 saturated heterocycles. The fourth-order valence-corrected chi connectivity index (χ4v) is 4.10. The molecule has 0 spiro atoms. The van der Waals surface area contributed by atoms with Crippen LogP contribution in [-0.2, 0) is 23.0 Å². The van der Waals surface area contributed by atoms with E-state index in [4.69, 9.17) is 4.74 Å². The summed E-state index contributed by atoms with van der Waals surface area (Å²) in [6.45, 7) is 3.86. The Balaban J connectivity index is 1.63. The molecule has 0 aromatic carbocycles. The van der Waals surface area contributed by atoms with Crippen molar-refractivity contribution in [2.24, 2.45) is 7.05 Å². The number of hydrogen-bond donors (Lipinski definition) is 0. The van der Waals surface area contributed by atoms with E-state index in [9.17, 15) is 4.79 Å². The molecule has 8 heteroatoms. The van der Waals surface area contributed by atoms with Gasteiger partial charge in [0.25, 0.3) is 0 Å². The summed E-state index contributed by atoms with van der Waals surface area (Å²) in [6.07, 6.45) is 7.77. The van der Waals surface area contributed by atoms with E-state index < -0.39 is 0 Å². The van der Waals surface area contributed by atoms with E-state index in [1.54, 1.807) is 10.9 Å². The molecule has 0 N–H and O–H groups in total. The van der Waals surface area contributed by atoms with Crippen LogP contribution in [0.2, 0.25) is 0 Å². The summed E-state index contributed by atoms with van der Waals surface area (Å²) in [5, 5.41) is 4.32. The molecule has 8 nitrogen and oxygen atoms in total. The molecule has 1 aliphatic rings. The molecule has 3 aromatic rings. The zero-order valence-electron chi connectivity index (χ0n) is 17.4. The highest BCUT2D eigenvalue weighted by Crippen LogP contribution is 2.30. The Bertz CT molecular complexity index is 1010. The monoisotopic (exact) mass is 396 g/mol. The zero-order valence-corrected chi connectivity index (χ0v) is 17.4. The highest BCUT2D eigenvalue weighted by Gasteiger charge is 2.37. The van der Waals surface area contributed by atoms with Crippen molar-refractivity contribution in [2.45, 2.75) is 25.5 Å². The van der Waals surface area contributed by atoms with Crippen LogP contribution in [0.3, 0.4) is 0 Å². The summed E-state index contributed by atoms with van der Waals surface area (Å²) >= 11 is 0. The van der Waals surface area contributed by atoms with Crippen LogP contribution in [0.4, 0.5) is 0 Å². The molecule has 0 unspecified atom stereocenters. The number of amides is 1. The van der Waals surface area contributed by atoms with Crippen LogP contribution in [0, 0.1) is 6.92 Å². The first kappa shape index (κ1) is 19.6. The van der Waals surface area contributed by atoms with Gasteiger partial charge in [0, 0.05) is 44.3 Å². The van der Waals surface area contributed by atoms with E-state index in [-0.39, 0.29) is 18.1 Å². The fourth-order valence-electron chi connectivity index (χ4n) is 4.10. The predicted octanol–water partition coefficient (Wildman–Crippen LogP) is 1.45. The number of morpholine rings is 1. The Morgan fingerprint density at radius 2 is 2.17 bits per heavy atom. The van der Waals surface area contributed by atoms with Crippen molar-refractivity contribution in [3.05, 3.63) is 53.7 Å². The van der Waals surface area contributed by atoms with Crippen molar-refractivity contribution in [1.29, 1.82) is 0 Å². The number of nitrogens with zero attached hydrogens (tertiary/aromatic N) is 6. The lowest BCUT2D eigenvalue weighted by molar-refractivity contribution is -0.147. The van der Waals surface area contributed by atoms with Gasteiger partial charge in [-0.1, -0.05) is 6.07 Å². The summed E-state index contributed by atoms with van der Waals surface area (Å²) in [7, 11) is 5.93. The average Bonchev–Trinajstić information content (AvgIpc) is 3.28. The molecule has 4 rings (SSSR count). The third-order valence-electron chi connectivity index (χ3n) is 5.42. The van der Waals surface area contributed by atoms with Crippen molar-refractivity contribution < 1.29 is 9.53 Å². The molecule has 1 amide bonds. The number of rotatable bonds is 5. The van der Waals surface area contributed by atoms with Crippen molar-refractivity contribution in [3.63, 3.8) is 0 Å². The number of pyridine rings is 1. The Labute approximate surface area is 170 Å². The third-order valence-corrected chi connectivity index (χ3v) is 5.42. The number of imidazole rings is 1. The summed E-state index contributed by atoms with van der Waals surface area (Å²) in [6, 6.07) is 3.85. The molecule has 0 radical (unpaired) electrons.